The van der Waals surface area contributed by atoms with E-state index in [4.69, 9.17) is 16.1 Å². The average molecular weight is 449 g/mol. The molecule has 4 rings (SSSR count). The highest BCUT2D eigenvalue weighted by Crippen LogP contribution is 2.41. The minimum Gasteiger partial charge on any atom is -0.383 e. The van der Waals surface area contributed by atoms with Gasteiger partial charge < -0.3 is 9.63 Å². The number of benzene rings is 2. The summed E-state index contributed by atoms with van der Waals surface area (Å²) in [5.41, 5.74) is -0.538. The van der Waals surface area contributed by atoms with Gasteiger partial charge in [0.2, 0.25) is 0 Å². The topological polar surface area (TPSA) is 59.2 Å². The van der Waals surface area contributed by atoms with Crippen molar-refractivity contribution < 1.29 is 27.2 Å². The first-order valence-corrected chi connectivity index (χ1v) is 9.34. The van der Waals surface area contributed by atoms with Crippen LogP contribution in [0.15, 0.2) is 71.5 Å². The second-order valence-corrected chi connectivity index (χ2v) is 7.10. The van der Waals surface area contributed by atoms with Crippen LogP contribution < -0.4 is 0 Å². The zero-order valence-electron chi connectivity index (χ0n) is 15.6. The molecule has 0 radical (unpaired) electrons. The zero-order chi connectivity index (χ0) is 22.2. The Labute approximate surface area is 178 Å². The van der Waals surface area contributed by atoms with Gasteiger partial charge in [0.15, 0.2) is 5.76 Å². The van der Waals surface area contributed by atoms with Crippen molar-refractivity contribution in [3.8, 4) is 22.6 Å². The highest BCUT2D eigenvalue weighted by molar-refractivity contribution is 6.30. The minimum atomic E-state index is -4.70. The molecule has 0 saturated heterocycles. The number of nitrogens with zero attached hydrogens (tertiary/aromatic N) is 2. The monoisotopic (exact) mass is 448 g/mol. The van der Waals surface area contributed by atoms with Gasteiger partial charge in [0.1, 0.15) is 17.6 Å². The molecular formula is C22H13ClF4N2O2. The Balaban J connectivity index is 1.90. The first kappa shape index (κ1) is 21.0. The van der Waals surface area contributed by atoms with Gasteiger partial charge in [-0.25, -0.2) is 4.39 Å². The molecule has 1 atom stereocenters. The molecule has 1 N–H and O–H groups in total. The first-order chi connectivity index (χ1) is 14.8. The lowest BCUT2D eigenvalue weighted by atomic mass is 9.94. The van der Waals surface area contributed by atoms with E-state index in [-0.39, 0.29) is 22.6 Å². The normalized spacial score (nSPS) is 12.7. The van der Waals surface area contributed by atoms with Crippen molar-refractivity contribution in [2.45, 2.75) is 12.3 Å². The number of aliphatic hydroxyl groups excluding tert-OH is 1. The maximum absolute atomic E-state index is 14.7. The third-order valence-electron chi connectivity index (χ3n) is 4.66. The molecule has 0 aliphatic rings. The molecule has 0 fully saturated rings. The average Bonchev–Trinajstić information content (AvgIpc) is 3.18. The summed E-state index contributed by atoms with van der Waals surface area (Å²) in [6.45, 7) is 0. The molecule has 0 spiro atoms. The maximum Gasteiger partial charge on any atom is 0.416 e. The summed E-state index contributed by atoms with van der Waals surface area (Å²) in [5.74, 6) is -1.02. The molecule has 2 aromatic carbocycles. The van der Waals surface area contributed by atoms with E-state index in [0.717, 1.165) is 12.1 Å². The highest BCUT2D eigenvalue weighted by Gasteiger charge is 2.33. The first-order valence-electron chi connectivity index (χ1n) is 8.96. The Morgan fingerprint density at radius 3 is 2.39 bits per heavy atom. The van der Waals surface area contributed by atoms with Gasteiger partial charge >= 0.3 is 6.18 Å². The van der Waals surface area contributed by atoms with E-state index in [0.29, 0.717) is 22.2 Å². The lowest BCUT2D eigenvalue weighted by molar-refractivity contribution is -0.137. The van der Waals surface area contributed by atoms with Crippen molar-refractivity contribution in [1.29, 1.82) is 0 Å². The second kappa shape index (κ2) is 8.13. The second-order valence-electron chi connectivity index (χ2n) is 6.66. The van der Waals surface area contributed by atoms with Crippen molar-refractivity contribution in [3.05, 3.63) is 94.5 Å². The molecule has 0 saturated carbocycles. The fourth-order valence-electron chi connectivity index (χ4n) is 3.14. The van der Waals surface area contributed by atoms with Crippen LogP contribution >= 0.6 is 11.6 Å². The van der Waals surface area contributed by atoms with Gasteiger partial charge in [-0.3, -0.25) is 4.98 Å². The van der Waals surface area contributed by atoms with E-state index in [9.17, 15) is 22.7 Å². The van der Waals surface area contributed by atoms with Crippen LogP contribution in [-0.2, 0) is 6.18 Å². The van der Waals surface area contributed by atoms with Crippen molar-refractivity contribution in [2.75, 3.05) is 0 Å². The lowest BCUT2D eigenvalue weighted by Crippen LogP contribution is -2.06. The van der Waals surface area contributed by atoms with Gasteiger partial charge in [-0.1, -0.05) is 22.8 Å². The van der Waals surface area contributed by atoms with Crippen molar-refractivity contribution in [1.82, 2.24) is 10.1 Å². The summed E-state index contributed by atoms with van der Waals surface area (Å²) < 4.78 is 58.9. The van der Waals surface area contributed by atoms with Crippen LogP contribution in [0.5, 0.6) is 0 Å². The number of aliphatic hydroxyl groups is 1. The summed E-state index contributed by atoms with van der Waals surface area (Å²) in [4.78, 5) is 3.96. The van der Waals surface area contributed by atoms with Gasteiger partial charge in [0.05, 0.1) is 11.1 Å². The van der Waals surface area contributed by atoms with Gasteiger partial charge in [-0.05, 0) is 48.5 Å². The number of hydrogen-bond acceptors (Lipinski definition) is 4. The Morgan fingerprint density at radius 2 is 1.77 bits per heavy atom. The molecule has 0 bridgehead atoms. The van der Waals surface area contributed by atoms with E-state index >= 15 is 0 Å². The minimum absolute atomic E-state index is 0.0916. The number of halogens is 5. The van der Waals surface area contributed by atoms with E-state index < -0.39 is 23.7 Å². The Kier molecular flexibility index (Phi) is 5.51. The standard InChI is InChI=1S/C22H13ClF4N2O2/c23-15-6-3-12(4-7-15)21-18(20(30)13-2-1-9-28-11-13)19(29-31-21)16-8-5-14(10-17(16)24)22(25,26)27/h1-11,20,30H. The fourth-order valence-corrected chi connectivity index (χ4v) is 3.27. The number of aromatic nitrogens is 2. The molecule has 9 heteroatoms. The van der Waals surface area contributed by atoms with Crippen LogP contribution in [0.25, 0.3) is 22.6 Å². The molecule has 31 heavy (non-hydrogen) atoms. The van der Waals surface area contributed by atoms with Crippen LogP contribution in [-0.4, -0.2) is 15.2 Å². The highest BCUT2D eigenvalue weighted by atomic mass is 35.5. The van der Waals surface area contributed by atoms with Crippen LogP contribution in [0.3, 0.4) is 0 Å². The van der Waals surface area contributed by atoms with E-state index in [2.05, 4.69) is 10.1 Å². The zero-order valence-corrected chi connectivity index (χ0v) is 16.3. The van der Waals surface area contributed by atoms with Crippen LogP contribution in [0.2, 0.25) is 5.02 Å². The molecule has 0 amide bonds. The molecular weight excluding hydrogens is 436 g/mol. The van der Waals surface area contributed by atoms with E-state index in [1.807, 2.05) is 0 Å². The van der Waals surface area contributed by atoms with E-state index in [1.54, 1.807) is 36.4 Å². The Bertz CT molecular complexity index is 1210. The maximum atomic E-state index is 14.7. The summed E-state index contributed by atoms with van der Waals surface area (Å²) >= 11 is 5.93. The summed E-state index contributed by atoms with van der Waals surface area (Å²) in [7, 11) is 0. The molecule has 4 aromatic rings. The molecule has 2 aromatic heterocycles. The van der Waals surface area contributed by atoms with Gasteiger partial charge in [-0.2, -0.15) is 13.2 Å². The summed E-state index contributed by atoms with van der Waals surface area (Å²) in [6.07, 6.45) is -3.10. The Hall–Kier alpha value is -3.23. The van der Waals surface area contributed by atoms with Gasteiger partial charge in [0.25, 0.3) is 0 Å². The number of alkyl halides is 3. The third-order valence-corrected chi connectivity index (χ3v) is 4.91. The summed E-state index contributed by atoms with van der Waals surface area (Å²) in [5, 5.41) is 15.4. The van der Waals surface area contributed by atoms with Crippen molar-refractivity contribution in [3.63, 3.8) is 0 Å². The van der Waals surface area contributed by atoms with Crippen LogP contribution in [0, 0.1) is 5.82 Å². The molecule has 2 heterocycles. The molecule has 0 aliphatic heterocycles. The van der Waals surface area contributed by atoms with E-state index in [1.165, 1.54) is 12.4 Å². The summed E-state index contributed by atoms with van der Waals surface area (Å²) in [6, 6.07) is 11.7. The number of pyridine rings is 1. The number of hydrogen-bond donors (Lipinski definition) is 1. The smallest absolute Gasteiger partial charge is 0.383 e. The van der Waals surface area contributed by atoms with Crippen LogP contribution in [0.1, 0.15) is 22.8 Å². The lowest BCUT2D eigenvalue weighted by Gasteiger charge is -2.13. The fraction of sp³-hybridized carbons (Fsp3) is 0.0909. The quantitative estimate of drug-likeness (QED) is 0.372. The van der Waals surface area contributed by atoms with Gasteiger partial charge in [-0.15, -0.1) is 0 Å². The third kappa shape index (κ3) is 4.17. The predicted octanol–water partition coefficient (Wildman–Crippen LogP) is 6.30. The molecule has 4 nitrogen and oxygen atoms in total. The molecule has 158 valence electrons. The molecule has 0 aliphatic carbocycles. The van der Waals surface area contributed by atoms with Gasteiger partial charge in [0, 0.05) is 34.1 Å². The van der Waals surface area contributed by atoms with Crippen LogP contribution in [0.4, 0.5) is 17.6 Å². The number of rotatable bonds is 4. The SMILES string of the molecule is OC(c1cccnc1)c1c(-c2ccc(C(F)(F)F)cc2F)noc1-c1ccc(Cl)cc1. The largest absolute Gasteiger partial charge is 0.416 e. The molecule has 1 unspecified atom stereocenters. The predicted molar refractivity (Wildman–Crippen MR) is 106 cm³/mol. The Morgan fingerprint density at radius 1 is 1.03 bits per heavy atom. The van der Waals surface area contributed by atoms with Crippen molar-refractivity contribution >= 4 is 11.6 Å². The van der Waals surface area contributed by atoms with Crippen molar-refractivity contribution in [2.24, 2.45) is 0 Å².